The van der Waals surface area contributed by atoms with Crippen LogP contribution in [0.2, 0.25) is 0 Å². The lowest BCUT2D eigenvalue weighted by Gasteiger charge is -2.04. The van der Waals surface area contributed by atoms with Gasteiger partial charge < -0.3 is 5.73 Å². The average Bonchev–Trinajstić information content (AvgIpc) is 2.32. The molecular formula is C13H11BrFN3O. The molecule has 1 aromatic heterocycles. The molecule has 0 fully saturated rings. The molecule has 0 aliphatic rings. The fourth-order valence-corrected chi connectivity index (χ4v) is 1.96. The zero-order valence-corrected chi connectivity index (χ0v) is 11.7. The Morgan fingerprint density at radius 1 is 1.37 bits per heavy atom. The number of aryl methyl sites for hydroxylation is 1. The first-order valence-electron chi connectivity index (χ1n) is 5.46. The minimum Gasteiger partial charge on any atom is -0.384 e. The molecule has 0 aliphatic heterocycles. The molecule has 2 N–H and O–H groups in total. The summed E-state index contributed by atoms with van der Waals surface area (Å²) in [5.41, 5.74) is 6.36. The Morgan fingerprint density at radius 3 is 2.79 bits per heavy atom. The maximum absolute atomic E-state index is 13.5. The van der Waals surface area contributed by atoms with Crippen molar-refractivity contribution in [3.05, 3.63) is 62.1 Å². The lowest BCUT2D eigenvalue weighted by molar-refractivity contribution is 0.625. The number of benzene rings is 1. The van der Waals surface area contributed by atoms with Crippen LogP contribution in [0, 0.1) is 12.7 Å². The highest BCUT2D eigenvalue weighted by Crippen LogP contribution is 2.14. The molecule has 1 heterocycles. The number of aromatic nitrogens is 1. The zero-order chi connectivity index (χ0) is 14.0. The van der Waals surface area contributed by atoms with Crippen molar-refractivity contribution in [1.82, 2.24) is 4.68 Å². The summed E-state index contributed by atoms with van der Waals surface area (Å²) in [5, 5.41) is 3.91. The predicted molar refractivity (Wildman–Crippen MR) is 76.9 cm³/mol. The van der Waals surface area contributed by atoms with Crippen LogP contribution in [0.4, 0.5) is 10.2 Å². The van der Waals surface area contributed by atoms with E-state index in [2.05, 4.69) is 21.0 Å². The van der Waals surface area contributed by atoms with E-state index in [0.29, 0.717) is 0 Å². The average molecular weight is 324 g/mol. The topological polar surface area (TPSA) is 60.4 Å². The van der Waals surface area contributed by atoms with E-state index >= 15 is 0 Å². The highest BCUT2D eigenvalue weighted by molar-refractivity contribution is 9.10. The van der Waals surface area contributed by atoms with Crippen LogP contribution in [-0.2, 0) is 0 Å². The standard InChI is InChI=1S/C13H11BrFN3O/c1-8-4-12(16)18(13(19)5-8)17-7-9-6-10(14)2-3-11(9)15/h2-7H,16H2,1H3/b17-7-. The number of hydrogen-bond acceptors (Lipinski definition) is 3. The van der Waals surface area contributed by atoms with Crippen LogP contribution in [0.25, 0.3) is 0 Å². The van der Waals surface area contributed by atoms with Gasteiger partial charge >= 0.3 is 0 Å². The predicted octanol–water partition coefficient (Wildman–Crippen LogP) is 2.52. The Hall–Kier alpha value is -1.95. The molecule has 0 atom stereocenters. The largest absolute Gasteiger partial charge is 0.384 e. The summed E-state index contributed by atoms with van der Waals surface area (Å²) < 4.78 is 15.2. The Kier molecular flexibility index (Phi) is 3.80. The second kappa shape index (κ2) is 5.36. The van der Waals surface area contributed by atoms with Crippen molar-refractivity contribution in [2.45, 2.75) is 6.92 Å². The Morgan fingerprint density at radius 2 is 2.11 bits per heavy atom. The third-order valence-electron chi connectivity index (χ3n) is 2.45. The normalized spacial score (nSPS) is 11.1. The van der Waals surface area contributed by atoms with Gasteiger partial charge in [0.15, 0.2) is 0 Å². The summed E-state index contributed by atoms with van der Waals surface area (Å²) in [6, 6.07) is 7.49. The molecule has 6 heteroatoms. The molecule has 0 unspecified atom stereocenters. The van der Waals surface area contributed by atoms with Gasteiger partial charge in [-0.15, -0.1) is 0 Å². The van der Waals surface area contributed by atoms with Crippen LogP contribution in [-0.4, -0.2) is 10.9 Å². The van der Waals surface area contributed by atoms with E-state index in [4.69, 9.17) is 5.73 Å². The van der Waals surface area contributed by atoms with E-state index in [0.717, 1.165) is 14.7 Å². The quantitative estimate of drug-likeness (QED) is 0.863. The van der Waals surface area contributed by atoms with Crippen molar-refractivity contribution in [3.8, 4) is 0 Å². The van der Waals surface area contributed by atoms with Crippen LogP contribution in [0.3, 0.4) is 0 Å². The van der Waals surface area contributed by atoms with Crippen LogP contribution in [0.5, 0.6) is 0 Å². The molecule has 0 aliphatic carbocycles. The van der Waals surface area contributed by atoms with Gasteiger partial charge in [-0.3, -0.25) is 4.79 Å². The van der Waals surface area contributed by atoms with E-state index in [-0.39, 0.29) is 16.9 Å². The van der Waals surface area contributed by atoms with Gasteiger partial charge in [0, 0.05) is 16.1 Å². The number of anilines is 1. The molecule has 0 amide bonds. The number of nitrogens with zero attached hydrogens (tertiary/aromatic N) is 2. The Bertz CT molecular complexity index is 710. The fraction of sp³-hybridized carbons (Fsp3) is 0.0769. The molecule has 0 spiro atoms. The van der Waals surface area contributed by atoms with Gasteiger partial charge in [-0.1, -0.05) is 15.9 Å². The summed E-state index contributed by atoms with van der Waals surface area (Å²) in [7, 11) is 0. The minimum atomic E-state index is -0.425. The van der Waals surface area contributed by atoms with Gasteiger partial charge in [-0.25, -0.2) is 4.39 Å². The van der Waals surface area contributed by atoms with Crippen LogP contribution >= 0.6 is 15.9 Å². The summed E-state index contributed by atoms with van der Waals surface area (Å²) in [4.78, 5) is 11.7. The monoisotopic (exact) mass is 323 g/mol. The van der Waals surface area contributed by atoms with Crippen LogP contribution < -0.4 is 11.3 Å². The number of nitrogens with two attached hydrogens (primary N) is 1. The molecule has 4 nitrogen and oxygen atoms in total. The van der Waals surface area contributed by atoms with Crippen LogP contribution in [0.15, 0.2) is 44.7 Å². The van der Waals surface area contributed by atoms with E-state index in [1.165, 1.54) is 18.3 Å². The maximum atomic E-state index is 13.5. The first-order chi connectivity index (χ1) is 8.97. The van der Waals surface area contributed by atoms with Crippen molar-refractivity contribution in [1.29, 1.82) is 0 Å². The number of rotatable bonds is 2. The summed E-state index contributed by atoms with van der Waals surface area (Å²) >= 11 is 3.24. The van der Waals surface area contributed by atoms with Crippen molar-refractivity contribution >= 4 is 28.0 Å². The maximum Gasteiger partial charge on any atom is 0.273 e. The highest BCUT2D eigenvalue weighted by Gasteiger charge is 2.02. The second-order valence-corrected chi connectivity index (χ2v) is 4.93. The van der Waals surface area contributed by atoms with Gasteiger partial charge in [0.1, 0.15) is 11.6 Å². The molecule has 0 radical (unpaired) electrons. The molecule has 2 rings (SSSR count). The van der Waals surface area contributed by atoms with Crippen molar-refractivity contribution < 1.29 is 4.39 Å². The molecule has 1 aromatic carbocycles. The molecule has 0 bridgehead atoms. The lowest BCUT2D eigenvalue weighted by Crippen LogP contribution is -2.19. The number of hydrogen-bond donors (Lipinski definition) is 1. The molecule has 19 heavy (non-hydrogen) atoms. The summed E-state index contributed by atoms with van der Waals surface area (Å²) in [5.74, 6) is -0.220. The molecule has 0 saturated heterocycles. The van der Waals surface area contributed by atoms with Gasteiger partial charge in [-0.2, -0.15) is 9.78 Å². The van der Waals surface area contributed by atoms with E-state index in [1.54, 1.807) is 25.1 Å². The summed E-state index contributed by atoms with van der Waals surface area (Å²) in [6.45, 7) is 1.76. The van der Waals surface area contributed by atoms with Crippen LogP contribution in [0.1, 0.15) is 11.1 Å². The number of halogens is 2. The number of nitrogen functional groups attached to an aromatic ring is 1. The van der Waals surface area contributed by atoms with Gasteiger partial charge in [0.25, 0.3) is 5.56 Å². The third kappa shape index (κ3) is 3.08. The first-order valence-corrected chi connectivity index (χ1v) is 6.25. The summed E-state index contributed by atoms with van der Waals surface area (Å²) in [6.07, 6.45) is 1.26. The molecule has 2 aromatic rings. The van der Waals surface area contributed by atoms with E-state index < -0.39 is 5.82 Å². The first kappa shape index (κ1) is 13.5. The van der Waals surface area contributed by atoms with Crippen molar-refractivity contribution in [3.63, 3.8) is 0 Å². The molecular weight excluding hydrogens is 313 g/mol. The fourth-order valence-electron chi connectivity index (χ4n) is 1.58. The van der Waals surface area contributed by atoms with E-state index in [1.807, 2.05) is 0 Å². The Balaban J connectivity index is 2.44. The molecule has 98 valence electrons. The van der Waals surface area contributed by atoms with Crippen molar-refractivity contribution in [2.24, 2.45) is 5.10 Å². The van der Waals surface area contributed by atoms with Crippen molar-refractivity contribution in [2.75, 3.05) is 5.73 Å². The zero-order valence-electron chi connectivity index (χ0n) is 10.1. The van der Waals surface area contributed by atoms with Gasteiger partial charge in [-0.05, 0) is 36.8 Å². The van der Waals surface area contributed by atoms with E-state index in [9.17, 15) is 9.18 Å². The Labute approximate surface area is 117 Å². The lowest BCUT2D eigenvalue weighted by atomic mass is 10.2. The SMILES string of the molecule is Cc1cc(N)n(/N=C\c2cc(Br)ccc2F)c(=O)c1. The smallest absolute Gasteiger partial charge is 0.273 e. The minimum absolute atomic E-state index is 0.205. The van der Waals surface area contributed by atoms with Gasteiger partial charge in [0.2, 0.25) is 0 Å². The molecule has 0 saturated carbocycles. The third-order valence-corrected chi connectivity index (χ3v) is 2.94. The highest BCUT2D eigenvalue weighted by atomic mass is 79.9. The van der Waals surface area contributed by atoms with Gasteiger partial charge in [0.05, 0.1) is 6.21 Å². The number of pyridine rings is 1. The second-order valence-electron chi connectivity index (χ2n) is 4.02.